The highest BCUT2D eigenvalue weighted by Crippen LogP contribution is 2.40. The average molecular weight is 345 g/mol. The van der Waals surface area contributed by atoms with E-state index in [0.29, 0.717) is 24.3 Å². The maximum absolute atomic E-state index is 12.5. The monoisotopic (exact) mass is 345 g/mol. The van der Waals surface area contributed by atoms with Crippen LogP contribution in [0.3, 0.4) is 0 Å². The first-order valence-corrected chi connectivity index (χ1v) is 8.68. The Morgan fingerprint density at radius 2 is 1.96 bits per heavy atom. The molecule has 1 fully saturated rings. The van der Waals surface area contributed by atoms with E-state index in [9.17, 15) is 15.0 Å². The van der Waals surface area contributed by atoms with Gasteiger partial charge in [0.25, 0.3) is 0 Å². The number of carbonyl (C=O) groups excluding carboxylic acids is 1. The van der Waals surface area contributed by atoms with Gasteiger partial charge in [0.15, 0.2) is 0 Å². The van der Waals surface area contributed by atoms with Gasteiger partial charge in [-0.1, -0.05) is 12.1 Å². The van der Waals surface area contributed by atoms with Gasteiger partial charge in [-0.3, -0.25) is 4.79 Å². The second kappa shape index (κ2) is 7.05. The fourth-order valence-electron chi connectivity index (χ4n) is 2.80. The zero-order valence-electron chi connectivity index (χ0n) is 13.3. The molecule has 0 aromatic heterocycles. The van der Waals surface area contributed by atoms with Crippen LogP contribution in [0.4, 0.5) is 0 Å². The van der Waals surface area contributed by atoms with E-state index in [0.717, 1.165) is 11.3 Å². The summed E-state index contributed by atoms with van der Waals surface area (Å²) < 4.78 is 5.24. The summed E-state index contributed by atoms with van der Waals surface area (Å²) in [5.74, 6) is 1.50. The minimum Gasteiger partial charge on any atom is -0.508 e. The smallest absolute Gasteiger partial charge is 0.224 e. The number of benzene rings is 2. The van der Waals surface area contributed by atoms with E-state index in [-0.39, 0.29) is 22.8 Å². The molecule has 5 nitrogen and oxygen atoms in total. The molecule has 24 heavy (non-hydrogen) atoms. The third-order valence-corrected chi connectivity index (χ3v) is 5.17. The van der Waals surface area contributed by atoms with E-state index in [1.165, 1.54) is 6.07 Å². The summed E-state index contributed by atoms with van der Waals surface area (Å²) in [6.07, 6.45) is 0.482. The topological polar surface area (TPSA) is 70.0 Å². The third kappa shape index (κ3) is 3.59. The summed E-state index contributed by atoms with van der Waals surface area (Å²) in [6.45, 7) is 0.449. The predicted octanol–water partition coefficient (Wildman–Crippen LogP) is 3.27. The molecular formula is C18H19NO4S. The molecule has 2 N–H and O–H groups in total. The highest BCUT2D eigenvalue weighted by Gasteiger charge is 2.30. The van der Waals surface area contributed by atoms with E-state index >= 15 is 0 Å². The van der Waals surface area contributed by atoms with Crippen LogP contribution < -0.4 is 4.74 Å². The molecule has 1 atom stereocenters. The number of ether oxygens (including phenoxy) is 1. The van der Waals surface area contributed by atoms with Crippen molar-refractivity contribution in [3.8, 4) is 17.2 Å². The molecule has 0 aliphatic carbocycles. The van der Waals surface area contributed by atoms with Crippen LogP contribution in [0.5, 0.6) is 17.2 Å². The number of aromatic hydroxyl groups is 2. The highest BCUT2D eigenvalue weighted by molar-refractivity contribution is 7.99. The molecule has 1 saturated heterocycles. The number of phenols is 2. The first-order chi connectivity index (χ1) is 11.6. The summed E-state index contributed by atoms with van der Waals surface area (Å²) in [4.78, 5) is 14.2. The molecule has 2 aromatic carbocycles. The Morgan fingerprint density at radius 1 is 1.21 bits per heavy atom. The molecule has 0 spiro atoms. The Balaban J connectivity index is 1.90. The van der Waals surface area contributed by atoms with Crippen LogP contribution in [0, 0.1) is 0 Å². The van der Waals surface area contributed by atoms with Gasteiger partial charge in [-0.15, -0.1) is 11.8 Å². The minimum absolute atomic E-state index is 0.00930. The first-order valence-electron chi connectivity index (χ1n) is 7.64. The number of amides is 1. The van der Waals surface area contributed by atoms with Gasteiger partial charge in [-0.2, -0.15) is 0 Å². The number of thioether (sulfide) groups is 1. The van der Waals surface area contributed by atoms with Crippen LogP contribution >= 0.6 is 11.8 Å². The number of phenolic OH excluding ortho intramolecular Hbond substituents is 2. The zero-order valence-corrected chi connectivity index (χ0v) is 14.1. The Hall–Kier alpha value is -2.34. The third-order valence-electron chi connectivity index (χ3n) is 3.89. The second-order valence-corrected chi connectivity index (χ2v) is 6.82. The van der Waals surface area contributed by atoms with Crippen LogP contribution in [0.2, 0.25) is 0 Å². The van der Waals surface area contributed by atoms with Gasteiger partial charge >= 0.3 is 0 Å². The standard InChI is InChI=1S/C18H19NO4S/c1-23-16-4-2-3-12(7-16)11-19-17(22)5-6-24-18(19)13-8-14(20)10-15(21)9-13/h2-4,7-10,18,20-21H,5-6,11H2,1H3. The summed E-state index contributed by atoms with van der Waals surface area (Å²) in [5, 5.41) is 19.3. The molecular weight excluding hydrogens is 326 g/mol. The van der Waals surface area contributed by atoms with E-state index in [1.807, 2.05) is 24.3 Å². The van der Waals surface area contributed by atoms with Crippen molar-refractivity contribution in [1.29, 1.82) is 0 Å². The molecule has 1 aliphatic heterocycles. The van der Waals surface area contributed by atoms with Gasteiger partial charge < -0.3 is 19.8 Å². The lowest BCUT2D eigenvalue weighted by atomic mass is 10.1. The first kappa shape index (κ1) is 16.5. The van der Waals surface area contributed by atoms with Crippen molar-refractivity contribution in [2.45, 2.75) is 18.3 Å². The number of hydrogen-bond donors (Lipinski definition) is 2. The molecule has 1 heterocycles. The van der Waals surface area contributed by atoms with Gasteiger partial charge in [-0.25, -0.2) is 0 Å². The summed E-state index contributed by atoms with van der Waals surface area (Å²) in [5.41, 5.74) is 1.69. The molecule has 6 heteroatoms. The minimum atomic E-state index is -0.240. The van der Waals surface area contributed by atoms with Crippen LogP contribution in [0.25, 0.3) is 0 Å². The second-order valence-electron chi connectivity index (χ2n) is 5.63. The molecule has 3 rings (SSSR count). The maximum Gasteiger partial charge on any atom is 0.224 e. The van der Waals surface area contributed by atoms with Crippen molar-refractivity contribution in [2.24, 2.45) is 0 Å². The normalized spacial score (nSPS) is 17.8. The number of rotatable bonds is 4. The summed E-state index contributed by atoms with van der Waals surface area (Å²) in [7, 11) is 1.61. The molecule has 1 aliphatic rings. The maximum atomic E-state index is 12.5. The van der Waals surface area contributed by atoms with Crippen molar-refractivity contribution < 1.29 is 19.7 Å². The molecule has 0 radical (unpaired) electrons. The lowest BCUT2D eigenvalue weighted by Gasteiger charge is -2.35. The molecule has 2 aromatic rings. The molecule has 1 unspecified atom stereocenters. The zero-order chi connectivity index (χ0) is 17.1. The lowest BCUT2D eigenvalue weighted by molar-refractivity contribution is -0.132. The highest BCUT2D eigenvalue weighted by atomic mass is 32.2. The summed E-state index contributed by atoms with van der Waals surface area (Å²) >= 11 is 1.63. The SMILES string of the molecule is COc1cccc(CN2C(=O)CCSC2c2cc(O)cc(O)c2)c1. The van der Waals surface area contributed by atoms with Crippen LogP contribution in [-0.4, -0.2) is 33.9 Å². The van der Waals surface area contributed by atoms with Crippen LogP contribution in [0.15, 0.2) is 42.5 Å². The van der Waals surface area contributed by atoms with E-state index in [2.05, 4.69) is 0 Å². The van der Waals surface area contributed by atoms with E-state index < -0.39 is 0 Å². The Kier molecular flexibility index (Phi) is 4.85. The molecule has 126 valence electrons. The largest absolute Gasteiger partial charge is 0.508 e. The molecule has 0 bridgehead atoms. The van der Waals surface area contributed by atoms with Crippen molar-refractivity contribution in [3.63, 3.8) is 0 Å². The van der Waals surface area contributed by atoms with E-state index in [4.69, 9.17) is 4.74 Å². The van der Waals surface area contributed by atoms with Crippen molar-refractivity contribution in [3.05, 3.63) is 53.6 Å². The number of hydrogen-bond acceptors (Lipinski definition) is 5. The quantitative estimate of drug-likeness (QED) is 0.890. The van der Waals surface area contributed by atoms with E-state index in [1.54, 1.807) is 35.9 Å². The average Bonchev–Trinajstić information content (AvgIpc) is 2.56. The summed E-state index contributed by atoms with van der Waals surface area (Å²) in [6, 6.07) is 12.1. The van der Waals surface area contributed by atoms with Crippen molar-refractivity contribution in [1.82, 2.24) is 4.90 Å². The van der Waals surface area contributed by atoms with Crippen molar-refractivity contribution in [2.75, 3.05) is 12.9 Å². The van der Waals surface area contributed by atoms with Crippen molar-refractivity contribution >= 4 is 17.7 Å². The lowest BCUT2D eigenvalue weighted by Crippen LogP contribution is -2.36. The number of nitrogens with zero attached hydrogens (tertiary/aromatic N) is 1. The van der Waals surface area contributed by atoms with Gasteiger partial charge in [0.05, 0.1) is 7.11 Å². The Morgan fingerprint density at radius 3 is 2.67 bits per heavy atom. The number of carbonyl (C=O) groups is 1. The molecule has 1 amide bonds. The Labute approximate surface area is 144 Å². The van der Waals surface area contributed by atoms with Gasteiger partial charge in [0.2, 0.25) is 5.91 Å². The van der Waals surface area contributed by atoms with Gasteiger partial charge in [-0.05, 0) is 35.4 Å². The molecule has 0 saturated carbocycles. The van der Waals surface area contributed by atoms with Crippen LogP contribution in [0.1, 0.15) is 22.9 Å². The number of methoxy groups -OCH3 is 1. The van der Waals surface area contributed by atoms with Crippen LogP contribution in [-0.2, 0) is 11.3 Å². The van der Waals surface area contributed by atoms with Gasteiger partial charge in [0.1, 0.15) is 22.6 Å². The van der Waals surface area contributed by atoms with Gasteiger partial charge in [0, 0.05) is 24.8 Å². The Bertz CT molecular complexity index is 729. The fraction of sp³-hybridized carbons (Fsp3) is 0.278. The fourth-order valence-corrected chi connectivity index (χ4v) is 4.01. The predicted molar refractivity (Wildman–Crippen MR) is 93.1 cm³/mol.